The smallest absolute Gasteiger partial charge is 0.303 e. The first-order chi connectivity index (χ1) is 18.0. The second-order valence-electron chi connectivity index (χ2n) is 9.13. The largest absolute Gasteiger partial charge is 0.496 e. The summed E-state index contributed by atoms with van der Waals surface area (Å²) in [6.07, 6.45) is 0.767. The van der Waals surface area contributed by atoms with Crippen molar-refractivity contribution in [1.82, 2.24) is 10.2 Å². The van der Waals surface area contributed by atoms with Crippen molar-refractivity contribution in [3.05, 3.63) is 89.5 Å². The summed E-state index contributed by atoms with van der Waals surface area (Å²) in [6, 6.07) is 26.1. The number of nitrogens with one attached hydrogen (secondary N) is 1. The minimum absolute atomic E-state index is 0.0870. The Hall–Kier alpha value is -4.15. The third-order valence-electron chi connectivity index (χ3n) is 6.77. The number of methoxy groups -OCH3 is 1. The fourth-order valence-corrected chi connectivity index (χ4v) is 4.79. The van der Waals surface area contributed by atoms with Gasteiger partial charge in [-0.15, -0.1) is 0 Å². The van der Waals surface area contributed by atoms with Crippen molar-refractivity contribution in [2.24, 2.45) is 0 Å². The lowest BCUT2D eigenvalue weighted by molar-refractivity contribution is -0.150. The number of nitrogens with zero attached hydrogens (tertiary/aromatic N) is 2. The number of nitriles is 1. The number of hydrogen-bond acceptors (Lipinski definition) is 6. The number of carbonyl (C=O) groups is 2. The molecule has 7 nitrogen and oxygen atoms in total. The molecule has 3 aromatic carbocycles. The molecule has 0 aliphatic carbocycles. The van der Waals surface area contributed by atoms with Crippen molar-refractivity contribution in [2.75, 3.05) is 26.8 Å². The van der Waals surface area contributed by atoms with Crippen LogP contribution in [0.4, 0.5) is 0 Å². The van der Waals surface area contributed by atoms with Gasteiger partial charge >= 0.3 is 5.97 Å². The third kappa shape index (κ3) is 6.54. The van der Waals surface area contributed by atoms with Gasteiger partial charge in [-0.1, -0.05) is 48.5 Å². The Balaban J connectivity index is 1.51. The van der Waals surface area contributed by atoms with Crippen LogP contribution in [-0.4, -0.2) is 49.6 Å². The van der Waals surface area contributed by atoms with Crippen LogP contribution in [0.15, 0.2) is 72.8 Å². The molecule has 3 aromatic rings. The summed E-state index contributed by atoms with van der Waals surface area (Å²) in [4.78, 5) is 25.6. The van der Waals surface area contributed by atoms with Crippen LogP contribution >= 0.6 is 0 Å². The predicted molar refractivity (Wildman–Crippen MR) is 141 cm³/mol. The SMILES string of the molecule is COc1ccc(-c2ccc(C#N)cc2)cc1CN[C@H]1CCN(C(=O)COC(C)=O)C[C@H]1c1ccccc1. The maximum Gasteiger partial charge on any atom is 0.303 e. The number of hydrogen-bond donors (Lipinski definition) is 1. The highest BCUT2D eigenvalue weighted by molar-refractivity contribution is 5.80. The molecule has 0 aromatic heterocycles. The summed E-state index contributed by atoms with van der Waals surface area (Å²) < 4.78 is 10.6. The maximum absolute atomic E-state index is 12.7. The molecule has 1 aliphatic rings. The van der Waals surface area contributed by atoms with Crippen LogP contribution in [0, 0.1) is 11.3 Å². The van der Waals surface area contributed by atoms with Crippen LogP contribution in [0.1, 0.15) is 36.0 Å². The lowest BCUT2D eigenvalue weighted by Gasteiger charge is -2.39. The number of piperidine rings is 1. The second-order valence-corrected chi connectivity index (χ2v) is 9.13. The molecule has 1 saturated heterocycles. The Morgan fingerprint density at radius 3 is 2.46 bits per heavy atom. The number of rotatable bonds is 8. The number of amides is 1. The molecular formula is C30H31N3O4. The summed E-state index contributed by atoms with van der Waals surface area (Å²) in [6.45, 7) is 2.81. The molecule has 1 amide bonds. The van der Waals surface area contributed by atoms with E-state index in [1.165, 1.54) is 6.92 Å². The molecule has 7 heteroatoms. The number of ether oxygens (including phenoxy) is 2. The van der Waals surface area contributed by atoms with Crippen LogP contribution < -0.4 is 10.1 Å². The zero-order valence-electron chi connectivity index (χ0n) is 21.1. The molecular weight excluding hydrogens is 466 g/mol. The van der Waals surface area contributed by atoms with Crippen molar-refractivity contribution < 1.29 is 19.1 Å². The lowest BCUT2D eigenvalue weighted by atomic mass is 9.85. The van der Waals surface area contributed by atoms with E-state index in [1.807, 2.05) is 54.6 Å². The van der Waals surface area contributed by atoms with Gasteiger partial charge in [-0.2, -0.15) is 5.26 Å². The van der Waals surface area contributed by atoms with Gasteiger partial charge in [-0.3, -0.25) is 9.59 Å². The minimum Gasteiger partial charge on any atom is -0.496 e. The molecule has 1 fully saturated rings. The molecule has 1 heterocycles. The summed E-state index contributed by atoms with van der Waals surface area (Å²) in [5, 5.41) is 12.8. The molecule has 1 aliphatic heterocycles. The summed E-state index contributed by atoms with van der Waals surface area (Å²) in [5.41, 5.74) is 4.90. The highest BCUT2D eigenvalue weighted by atomic mass is 16.5. The van der Waals surface area contributed by atoms with E-state index in [9.17, 15) is 9.59 Å². The van der Waals surface area contributed by atoms with E-state index >= 15 is 0 Å². The Morgan fingerprint density at radius 2 is 1.78 bits per heavy atom. The Morgan fingerprint density at radius 1 is 1.05 bits per heavy atom. The molecule has 37 heavy (non-hydrogen) atoms. The normalized spacial score (nSPS) is 17.1. The summed E-state index contributed by atoms with van der Waals surface area (Å²) in [5.74, 6) is 0.257. The van der Waals surface area contributed by atoms with E-state index in [4.69, 9.17) is 14.7 Å². The highest BCUT2D eigenvalue weighted by Gasteiger charge is 2.32. The Kier molecular flexibility index (Phi) is 8.55. The monoisotopic (exact) mass is 497 g/mol. The average molecular weight is 498 g/mol. The molecule has 0 bridgehead atoms. The fourth-order valence-electron chi connectivity index (χ4n) is 4.79. The molecule has 4 rings (SSSR count). The molecule has 2 atom stereocenters. The van der Waals surface area contributed by atoms with Crippen LogP contribution in [0.25, 0.3) is 11.1 Å². The number of carbonyl (C=O) groups excluding carboxylic acids is 2. The first-order valence-corrected chi connectivity index (χ1v) is 12.4. The van der Waals surface area contributed by atoms with Gasteiger partial charge in [-0.05, 0) is 47.4 Å². The van der Waals surface area contributed by atoms with Crippen LogP contribution in [0.3, 0.4) is 0 Å². The topological polar surface area (TPSA) is 91.7 Å². The zero-order chi connectivity index (χ0) is 26.2. The minimum atomic E-state index is -0.457. The second kappa shape index (κ2) is 12.2. The van der Waals surface area contributed by atoms with E-state index in [2.05, 4.69) is 29.6 Å². The van der Waals surface area contributed by atoms with Gasteiger partial charge in [0.1, 0.15) is 5.75 Å². The van der Waals surface area contributed by atoms with Gasteiger partial charge in [0.15, 0.2) is 6.61 Å². The number of esters is 1. The molecule has 0 spiro atoms. The van der Waals surface area contributed by atoms with E-state index in [1.54, 1.807) is 12.0 Å². The van der Waals surface area contributed by atoms with Gasteiger partial charge in [0, 0.05) is 44.1 Å². The van der Waals surface area contributed by atoms with Gasteiger partial charge < -0.3 is 19.7 Å². The predicted octanol–water partition coefficient (Wildman–Crippen LogP) is 4.27. The maximum atomic E-state index is 12.7. The highest BCUT2D eigenvalue weighted by Crippen LogP contribution is 2.30. The quantitative estimate of drug-likeness (QED) is 0.468. The summed E-state index contributed by atoms with van der Waals surface area (Å²) in [7, 11) is 1.67. The van der Waals surface area contributed by atoms with E-state index in [0.29, 0.717) is 25.2 Å². The van der Waals surface area contributed by atoms with Crippen LogP contribution in [-0.2, 0) is 20.9 Å². The van der Waals surface area contributed by atoms with Crippen LogP contribution in [0.5, 0.6) is 5.75 Å². The molecule has 0 saturated carbocycles. The van der Waals surface area contributed by atoms with Gasteiger partial charge in [0.2, 0.25) is 0 Å². The van der Waals surface area contributed by atoms with Crippen molar-refractivity contribution >= 4 is 11.9 Å². The molecule has 0 unspecified atom stereocenters. The average Bonchev–Trinajstić information content (AvgIpc) is 2.95. The standard InChI is InChI=1S/C30H31N3O4/c1-21(34)37-20-30(35)33-15-14-28(27(19-33)24-6-4-3-5-7-24)32-18-26-16-25(12-13-29(26)36-2)23-10-8-22(17-31)9-11-23/h3-13,16,27-28,32H,14-15,18-20H2,1-2H3/t27-,28-/m0/s1. The van der Waals surface area contributed by atoms with E-state index < -0.39 is 5.97 Å². The zero-order valence-corrected chi connectivity index (χ0v) is 21.1. The van der Waals surface area contributed by atoms with E-state index in [0.717, 1.165) is 34.4 Å². The van der Waals surface area contributed by atoms with Crippen molar-refractivity contribution in [1.29, 1.82) is 5.26 Å². The van der Waals surface area contributed by atoms with Crippen molar-refractivity contribution in [3.8, 4) is 22.9 Å². The Bertz CT molecular complexity index is 1270. The number of benzene rings is 3. The van der Waals surface area contributed by atoms with Gasteiger partial charge in [0.25, 0.3) is 5.91 Å². The van der Waals surface area contributed by atoms with Crippen molar-refractivity contribution in [3.63, 3.8) is 0 Å². The first kappa shape index (κ1) is 25.9. The van der Waals surface area contributed by atoms with Gasteiger partial charge in [-0.25, -0.2) is 0 Å². The first-order valence-electron chi connectivity index (χ1n) is 12.4. The third-order valence-corrected chi connectivity index (χ3v) is 6.77. The van der Waals surface area contributed by atoms with Crippen LogP contribution in [0.2, 0.25) is 0 Å². The molecule has 0 radical (unpaired) electrons. The molecule has 1 N–H and O–H groups in total. The lowest BCUT2D eigenvalue weighted by Crippen LogP contribution is -2.50. The van der Waals surface area contributed by atoms with E-state index in [-0.39, 0.29) is 24.5 Å². The van der Waals surface area contributed by atoms with Gasteiger partial charge in [0.05, 0.1) is 18.7 Å². The molecule has 190 valence electrons. The van der Waals surface area contributed by atoms with Crippen molar-refractivity contribution in [2.45, 2.75) is 31.8 Å². The fraction of sp³-hybridized carbons (Fsp3) is 0.300. The Labute approximate surface area is 217 Å². The number of likely N-dealkylation sites (tertiary alicyclic amines) is 1. The summed E-state index contributed by atoms with van der Waals surface area (Å²) >= 11 is 0.